The van der Waals surface area contributed by atoms with E-state index in [9.17, 15) is 4.79 Å². The minimum Gasteiger partial charge on any atom is -0.497 e. The highest BCUT2D eigenvalue weighted by molar-refractivity contribution is 5.91. The first-order valence-corrected chi connectivity index (χ1v) is 12.1. The largest absolute Gasteiger partial charge is 0.497 e. The van der Waals surface area contributed by atoms with E-state index in [0.29, 0.717) is 24.5 Å². The standard InChI is InChI=1S/C31H32N2O3/c1-35-27-19-17-24(18-20-27)23-33(31(34)32-29-15-9-10-16-30(29)36-2)22-21-28(25-11-5-3-6-12-25)26-13-7-4-8-14-26/h3-20,28H,21-23H2,1-2H3,(H,32,34). The molecular formula is C31H32N2O3. The van der Waals surface area contributed by atoms with Gasteiger partial charge in [0.25, 0.3) is 0 Å². The van der Waals surface area contributed by atoms with Crippen molar-refractivity contribution in [3.63, 3.8) is 0 Å². The third-order valence-corrected chi connectivity index (χ3v) is 6.26. The Morgan fingerprint density at radius 3 is 1.92 bits per heavy atom. The van der Waals surface area contributed by atoms with E-state index in [0.717, 1.165) is 17.7 Å². The van der Waals surface area contributed by atoms with Crippen LogP contribution in [-0.2, 0) is 6.54 Å². The van der Waals surface area contributed by atoms with Crippen molar-refractivity contribution in [1.82, 2.24) is 4.90 Å². The number of ether oxygens (including phenoxy) is 2. The summed E-state index contributed by atoms with van der Waals surface area (Å²) in [6.45, 7) is 1.04. The van der Waals surface area contributed by atoms with Crippen molar-refractivity contribution in [3.8, 4) is 11.5 Å². The Morgan fingerprint density at radius 2 is 1.33 bits per heavy atom. The molecule has 4 aromatic carbocycles. The highest BCUT2D eigenvalue weighted by atomic mass is 16.5. The molecule has 0 bridgehead atoms. The quantitative estimate of drug-likeness (QED) is 0.267. The van der Waals surface area contributed by atoms with E-state index in [2.05, 4.69) is 53.8 Å². The topological polar surface area (TPSA) is 50.8 Å². The molecule has 5 nitrogen and oxygen atoms in total. The monoisotopic (exact) mass is 480 g/mol. The Hall–Kier alpha value is -4.25. The lowest BCUT2D eigenvalue weighted by Crippen LogP contribution is -2.36. The molecule has 0 fully saturated rings. The van der Waals surface area contributed by atoms with Crippen LogP contribution in [0.15, 0.2) is 109 Å². The molecule has 0 unspecified atom stereocenters. The summed E-state index contributed by atoms with van der Waals surface area (Å²) in [6, 6.07) is 36.0. The van der Waals surface area contributed by atoms with Gasteiger partial charge in [0.05, 0.1) is 19.9 Å². The van der Waals surface area contributed by atoms with Crippen LogP contribution >= 0.6 is 0 Å². The maximum absolute atomic E-state index is 13.5. The summed E-state index contributed by atoms with van der Waals surface area (Å²) in [5, 5.41) is 3.04. The number of nitrogens with one attached hydrogen (secondary N) is 1. The normalized spacial score (nSPS) is 10.6. The zero-order chi connectivity index (χ0) is 25.2. The lowest BCUT2D eigenvalue weighted by atomic mass is 9.88. The number of amides is 2. The number of benzene rings is 4. The molecule has 0 atom stereocenters. The van der Waals surface area contributed by atoms with Crippen LogP contribution in [0.1, 0.15) is 29.0 Å². The van der Waals surface area contributed by atoms with E-state index in [1.807, 2.05) is 65.6 Å². The van der Waals surface area contributed by atoms with Crippen LogP contribution in [0.25, 0.3) is 0 Å². The van der Waals surface area contributed by atoms with Crippen LogP contribution in [0.4, 0.5) is 10.5 Å². The molecule has 0 saturated heterocycles. The molecule has 0 aliphatic carbocycles. The second kappa shape index (κ2) is 12.5. The first kappa shape index (κ1) is 24.9. The third kappa shape index (κ3) is 6.45. The van der Waals surface area contributed by atoms with E-state index in [4.69, 9.17) is 9.47 Å². The lowest BCUT2D eigenvalue weighted by Gasteiger charge is -2.27. The molecule has 4 rings (SSSR count). The van der Waals surface area contributed by atoms with Crippen molar-refractivity contribution in [1.29, 1.82) is 0 Å². The number of para-hydroxylation sites is 2. The minimum absolute atomic E-state index is 0.171. The number of hydrogen-bond acceptors (Lipinski definition) is 3. The Bertz CT molecular complexity index is 1190. The van der Waals surface area contributed by atoms with E-state index in [1.54, 1.807) is 14.2 Å². The van der Waals surface area contributed by atoms with Gasteiger partial charge >= 0.3 is 6.03 Å². The van der Waals surface area contributed by atoms with Crippen LogP contribution in [0.2, 0.25) is 0 Å². The minimum atomic E-state index is -0.171. The van der Waals surface area contributed by atoms with Crippen LogP contribution in [0, 0.1) is 0 Å². The second-order valence-electron chi connectivity index (χ2n) is 8.56. The molecule has 0 spiro atoms. The molecular weight excluding hydrogens is 448 g/mol. The van der Waals surface area contributed by atoms with Crippen molar-refractivity contribution in [2.45, 2.75) is 18.9 Å². The summed E-state index contributed by atoms with van der Waals surface area (Å²) in [4.78, 5) is 15.4. The van der Waals surface area contributed by atoms with E-state index in [1.165, 1.54) is 11.1 Å². The molecule has 2 amide bonds. The summed E-state index contributed by atoms with van der Waals surface area (Å²) in [6.07, 6.45) is 0.781. The number of nitrogens with zero attached hydrogens (tertiary/aromatic N) is 1. The summed E-state index contributed by atoms with van der Waals surface area (Å²) in [5.41, 5.74) is 4.14. The number of carbonyl (C=O) groups is 1. The van der Waals surface area contributed by atoms with Crippen molar-refractivity contribution < 1.29 is 14.3 Å². The van der Waals surface area contributed by atoms with Crippen molar-refractivity contribution >= 4 is 11.7 Å². The molecule has 0 aliphatic heterocycles. The summed E-state index contributed by atoms with van der Waals surface area (Å²) in [5.74, 6) is 1.59. The molecule has 5 heteroatoms. The summed E-state index contributed by atoms with van der Waals surface area (Å²) in [7, 11) is 3.25. The van der Waals surface area contributed by atoms with E-state index < -0.39 is 0 Å². The molecule has 0 aromatic heterocycles. The van der Waals surface area contributed by atoms with Crippen molar-refractivity contribution in [2.75, 3.05) is 26.1 Å². The third-order valence-electron chi connectivity index (χ3n) is 6.26. The van der Waals surface area contributed by atoms with Gasteiger partial charge in [-0.1, -0.05) is 84.9 Å². The number of methoxy groups -OCH3 is 2. The molecule has 36 heavy (non-hydrogen) atoms. The van der Waals surface area contributed by atoms with Gasteiger partial charge in [0, 0.05) is 19.0 Å². The molecule has 184 valence electrons. The second-order valence-corrected chi connectivity index (χ2v) is 8.56. The average molecular weight is 481 g/mol. The fourth-order valence-corrected chi connectivity index (χ4v) is 4.33. The van der Waals surface area contributed by atoms with Gasteiger partial charge in [-0.25, -0.2) is 4.79 Å². The lowest BCUT2D eigenvalue weighted by molar-refractivity contribution is 0.207. The van der Waals surface area contributed by atoms with Crippen LogP contribution in [0.3, 0.4) is 0 Å². The van der Waals surface area contributed by atoms with Crippen LogP contribution < -0.4 is 14.8 Å². The van der Waals surface area contributed by atoms with Crippen molar-refractivity contribution in [3.05, 3.63) is 126 Å². The fourth-order valence-electron chi connectivity index (χ4n) is 4.33. The molecule has 0 aliphatic rings. The predicted octanol–water partition coefficient (Wildman–Crippen LogP) is 6.96. The van der Waals surface area contributed by atoms with Gasteiger partial charge < -0.3 is 19.7 Å². The zero-order valence-electron chi connectivity index (χ0n) is 20.8. The number of rotatable bonds is 10. The number of hydrogen-bond donors (Lipinski definition) is 1. The van der Waals surface area contributed by atoms with Gasteiger partial charge in [0.15, 0.2) is 0 Å². The molecule has 0 radical (unpaired) electrons. The summed E-state index contributed by atoms with van der Waals surface area (Å²) >= 11 is 0. The van der Waals surface area contributed by atoms with Gasteiger partial charge in [-0.15, -0.1) is 0 Å². The first-order valence-electron chi connectivity index (χ1n) is 12.1. The number of urea groups is 1. The smallest absolute Gasteiger partial charge is 0.322 e. The average Bonchev–Trinajstić information content (AvgIpc) is 2.94. The van der Waals surface area contributed by atoms with Gasteiger partial charge in [0.1, 0.15) is 11.5 Å². The SMILES string of the molecule is COc1ccc(CN(CCC(c2ccccc2)c2ccccc2)C(=O)Nc2ccccc2OC)cc1. The number of anilines is 1. The maximum atomic E-state index is 13.5. The van der Waals surface area contributed by atoms with Gasteiger partial charge in [0.2, 0.25) is 0 Å². The predicted molar refractivity (Wildman–Crippen MR) is 145 cm³/mol. The first-order chi connectivity index (χ1) is 17.7. The highest BCUT2D eigenvalue weighted by Gasteiger charge is 2.20. The zero-order valence-corrected chi connectivity index (χ0v) is 20.8. The van der Waals surface area contributed by atoms with E-state index >= 15 is 0 Å². The molecule has 0 saturated carbocycles. The van der Waals surface area contributed by atoms with Crippen molar-refractivity contribution in [2.24, 2.45) is 0 Å². The Balaban J connectivity index is 1.58. The van der Waals surface area contributed by atoms with E-state index in [-0.39, 0.29) is 11.9 Å². The molecule has 1 N–H and O–H groups in total. The maximum Gasteiger partial charge on any atom is 0.322 e. The van der Waals surface area contributed by atoms with Crippen LogP contribution in [-0.4, -0.2) is 31.7 Å². The van der Waals surface area contributed by atoms with Crippen LogP contribution in [0.5, 0.6) is 11.5 Å². The number of carbonyl (C=O) groups excluding carboxylic acids is 1. The molecule has 4 aromatic rings. The fraction of sp³-hybridized carbons (Fsp3) is 0.194. The molecule has 0 heterocycles. The summed E-state index contributed by atoms with van der Waals surface area (Å²) < 4.78 is 10.7. The van der Waals surface area contributed by atoms with Gasteiger partial charge in [-0.05, 0) is 47.4 Å². The highest BCUT2D eigenvalue weighted by Crippen LogP contribution is 2.29. The van der Waals surface area contributed by atoms with Gasteiger partial charge in [-0.2, -0.15) is 0 Å². The Morgan fingerprint density at radius 1 is 0.750 bits per heavy atom. The van der Waals surface area contributed by atoms with Gasteiger partial charge in [-0.3, -0.25) is 0 Å². The Kier molecular flexibility index (Phi) is 8.60. The Labute approximate surface area is 213 Å².